The van der Waals surface area contributed by atoms with Crippen molar-refractivity contribution in [2.75, 3.05) is 26.2 Å². The van der Waals surface area contributed by atoms with Gasteiger partial charge in [-0.15, -0.1) is 11.3 Å². The van der Waals surface area contributed by atoms with Crippen LogP contribution in [0.15, 0.2) is 52.3 Å². The van der Waals surface area contributed by atoms with Crippen LogP contribution in [0.2, 0.25) is 0 Å². The zero-order valence-electron chi connectivity index (χ0n) is 14.8. The number of thiophene rings is 1. The average Bonchev–Trinajstić information content (AvgIpc) is 3.13. The van der Waals surface area contributed by atoms with Gasteiger partial charge in [-0.05, 0) is 30.0 Å². The summed E-state index contributed by atoms with van der Waals surface area (Å²) < 4.78 is 5.69. The number of hydrogen-bond acceptors (Lipinski definition) is 4. The number of piperazine rings is 1. The molecule has 2 amide bonds. The number of amides is 2. The van der Waals surface area contributed by atoms with Crippen LogP contribution < -0.4 is 0 Å². The van der Waals surface area contributed by atoms with E-state index in [0.717, 1.165) is 17.4 Å². The number of fused-ring (bicyclic) bond motifs is 1. The predicted octanol–water partition coefficient (Wildman–Crippen LogP) is 3.58. The van der Waals surface area contributed by atoms with E-state index in [1.807, 2.05) is 35.2 Å². The van der Waals surface area contributed by atoms with E-state index < -0.39 is 0 Å². The molecule has 3 aromatic rings. The van der Waals surface area contributed by atoms with Crippen molar-refractivity contribution < 1.29 is 14.0 Å². The van der Waals surface area contributed by atoms with Crippen molar-refractivity contribution in [2.45, 2.75) is 12.3 Å². The number of para-hydroxylation sites is 1. The van der Waals surface area contributed by atoms with Gasteiger partial charge in [0, 0.05) is 48.3 Å². The van der Waals surface area contributed by atoms with Crippen molar-refractivity contribution >= 4 is 34.1 Å². The van der Waals surface area contributed by atoms with Crippen LogP contribution in [0, 0.1) is 5.92 Å². The number of benzene rings is 1. The Kier molecular flexibility index (Phi) is 4.01. The summed E-state index contributed by atoms with van der Waals surface area (Å²) in [5.41, 5.74) is 0.725. The van der Waals surface area contributed by atoms with Gasteiger partial charge in [-0.25, -0.2) is 0 Å². The quantitative estimate of drug-likeness (QED) is 0.698. The second kappa shape index (κ2) is 6.53. The molecule has 0 bridgehead atoms. The Hall–Kier alpha value is -2.60. The maximum Gasteiger partial charge on any atom is 0.289 e. The fourth-order valence-electron chi connectivity index (χ4n) is 3.89. The zero-order chi connectivity index (χ0) is 18.4. The Morgan fingerprint density at radius 2 is 1.78 bits per heavy atom. The van der Waals surface area contributed by atoms with E-state index in [2.05, 4.69) is 11.4 Å². The summed E-state index contributed by atoms with van der Waals surface area (Å²) in [5, 5.41) is 3.00. The molecule has 1 aliphatic heterocycles. The molecule has 0 spiro atoms. The molecule has 1 aliphatic carbocycles. The third kappa shape index (κ3) is 3.04. The maximum absolute atomic E-state index is 12.7. The van der Waals surface area contributed by atoms with E-state index >= 15 is 0 Å². The lowest BCUT2D eigenvalue weighted by Crippen LogP contribution is -2.51. The second-order valence-electron chi connectivity index (χ2n) is 7.23. The summed E-state index contributed by atoms with van der Waals surface area (Å²) in [4.78, 5) is 30.5. The van der Waals surface area contributed by atoms with Crippen molar-refractivity contribution in [3.8, 4) is 0 Å². The molecule has 1 saturated carbocycles. The Bertz CT molecular complexity index is 953. The molecule has 0 N–H and O–H groups in total. The Morgan fingerprint density at radius 3 is 2.52 bits per heavy atom. The van der Waals surface area contributed by atoms with Crippen LogP contribution in [0.25, 0.3) is 11.0 Å². The van der Waals surface area contributed by atoms with Gasteiger partial charge in [0.05, 0.1) is 0 Å². The average molecular weight is 380 g/mol. The normalized spacial score (nSPS) is 22.2. The van der Waals surface area contributed by atoms with Crippen molar-refractivity contribution in [1.29, 1.82) is 0 Å². The molecule has 5 rings (SSSR count). The summed E-state index contributed by atoms with van der Waals surface area (Å²) >= 11 is 1.73. The number of carbonyl (C=O) groups is 2. The highest BCUT2D eigenvalue weighted by Gasteiger charge is 2.46. The van der Waals surface area contributed by atoms with Gasteiger partial charge in [-0.3, -0.25) is 9.59 Å². The first-order chi connectivity index (χ1) is 13.2. The first-order valence-corrected chi connectivity index (χ1v) is 10.2. The molecule has 2 aromatic heterocycles. The van der Waals surface area contributed by atoms with Gasteiger partial charge < -0.3 is 14.2 Å². The van der Waals surface area contributed by atoms with Crippen LogP contribution in [-0.4, -0.2) is 47.8 Å². The molecule has 138 valence electrons. The number of furan rings is 1. The van der Waals surface area contributed by atoms with E-state index in [0.29, 0.717) is 37.9 Å². The maximum atomic E-state index is 12.7. The van der Waals surface area contributed by atoms with E-state index in [4.69, 9.17) is 4.42 Å². The van der Waals surface area contributed by atoms with Crippen LogP contribution in [0.3, 0.4) is 0 Å². The lowest BCUT2D eigenvalue weighted by Gasteiger charge is -2.34. The van der Waals surface area contributed by atoms with E-state index in [1.165, 1.54) is 4.88 Å². The van der Waals surface area contributed by atoms with E-state index in [9.17, 15) is 9.59 Å². The smallest absolute Gasteiger partial charge is 0.289 e. The third-order valence-electron chi connectivity index (χ3n) is 5.53. The summed E-state index contributed by atoms with van der Waals surface area (Å²) in [6.07, 6.45) is 0.956. The van der Waals surface area contributed by atoms with Gasteiger partial charge in [0.25, 0.3) is 5.91 Å². The first-order valence-electron chi connectivity index (χ1n) is 9.31. The number of rotatable bonds is 3. The molecular formula is C21H20N2O3S. The lowest BCUT2D eigenvalue weighted by molar-refractivity contribution is -0.134. The standard InChI is InChI=1S/C21H20N2O3S/c24-20(16-13-15(16)19-6-3-11-27-19)22-7-9-23(10-8-22)21(25)18-12-14-4-1-2-5-17(14)26-18/h1-6,11-12,15-16H,7-10,13H2. The van der Waals surface area contributed by atoms with Gasteiger partial charge in [0.1, 0.15) is 5.58 Å². The molecule has 3 heterocycles. The number of hydrogen-bond donors (Lipinski definition) is 0. The number of nitrogens with zero attached hydrogens (tertiary/aromatic N) is 2. The topological polar surface area (TPSA) is 53.8 Å². The van der Waals surface area contributed by atoms with Crippen LogP contribution in [-0.2, 0) is 4.79 Å². The first kappa shape index (κ1) is 16.6. The van der Waals surface area contributed by atoms with Crippen LogP contribution in [0.5, 0.6) is 0 Å². The molecule has 1 aromatic carbocycles. The van der Waals surface area contributed by atoms with E-state index in [1.54, 1.807) is 22.3 Å². The summed E-state index contributed by atoms with van der Waals surface area (Å²) in [5.74, 6) is 1.04. The fourth-order valence-corrected chi connectivity index (χ4v) is 4.80. The lowest BCUT2D eigenvalue weighted by atomic mass is 10.2. The molecule has 5 nitrogen and oxygen atoms in total. The molecule has 2 aliphatic rings. The summed E-state index contributed by atoms with van der Waals surface area (Å²) in [6.45, 7) is 2.30. The SMILES string of the molecule is O=C(c1cc2ccccc2o1)N1CCN(C(=O)C2CC2c2cccs2)CC1. The van der Waals surface area contributed by atoms with Gasteiger partial charge in [-0.2, -0.15) is 0 Å². The zero-order valence-corrected chi connectivity index (χ0v) is 15.7. The monoisotopic (exact) mass is 380 g/mol. The minimum Gasteiger partial charge on any atom is -0.451 e. The van der Waals surface area contributed by atoms with Crippen LogP contribution in [0.1, 0.15) is 27.8 Å². The molecule has 0 radical (unpaired) electrons. The largest absolute Gasteiger partial charge is 0.451 e. The van der Waals surface area contributed by atoms with Crippen molar-refractivity contribution in [2.24, 2.45) is 5.92 Å². The molecule has 2 fully saturated rings. The van der Waals surface area contributed by atoms with Gasteiger partial charge in [0.15, 0.2) is 5.76 Å². The summed E-state index contributed by atoms with van der Waals surface area (Å²) in [6, 6.07) is 13.6. The minimum absolute atomic E-state index is 0.0961. The van der Waals surface area contributed by atoms with Crippen LogP contribution >= 0.6 is 11.3 Å². The van der Waals surface area contributed by atoms with Gasteiger partial charge in [0.2, 0.25) is 5.91 Å². The summed E-state index contributed by atoms with van der Waals surface area (Å²) in [7, 11) is 0. The second-order valence-corrected chi connectivity index (χ2v) is 8.21. The predicted molar refractivity (Wildman–Crippen MR) is 104 cm³/mol. The molecule has 6 heteroatoms. The fraction of sp³-hybridized carbons (Fsp3) is 0.333. The third-order valence-corrected chi connectivity index (χ3v) is 6.54. The minimum atomic E-state index is -0.0961. The number of carbonyl (C=O) groups excluding carboxylic acids is 2. The highest BCUT2D eigenvalue weighted by atomic mass is 32.1. The van der Waals surface area contributed by atoms with Gasteiger partial charge >= 0.3 is 0 Å². The van der Waals surface area contributed by atoms with E-state index in [-0.39, 0.29) is 17.7 Å². The Balaban J connectivity index is 1.20. The molecule has 2 atom stereocenters. The van der Waals surface area contributed by atoms with Gasteiger partial charge in [-0.1, -0.05) is 24.3 Å². The Morgan fingerprint density at radius 1 is 1.00 bits per heavy atom. The van der Waals surface area contributed by atoms with Crippen LogP contribution in [0.4, 0.5) is 0 Å². The highest BCUT2D eigenvalue weighted by molar-refractivity contribution is 7.10. The molecular weight excluding hydrogens is 360 g/mol. The highest BCUT2D eigenvalue weighted by Crippen LogP contribution is 2.50. The van der Waals surface area contributed by atoms with Crippen molar-refractivity contribution in [3.05, 3.63) is 58.5 Å². The van der Waals surface area contributed by atoms with Crippen molar-refractivity contribution in [3.63, 3.8) is 0 Å². The van der Waals surface area contributed by atoms with Crippen molar-refractivity contribution in [1.82, 2.24) is 9.80 Å². The molecule has 2 unspecified atom stereocenters. The molecule has 27 heavy (non-hydrogen) atoms. The Labute approximate surface area is 161 Å². The molecule has 1 saturated heterocycles.